The summed E-state index contributed by atoms with van der Waals surface area (Å²) in [5, 5.41) is 0. The van der Waals surface area contributed by atoms with Crippen molar-refractivity contribution < 1.29 is 13.2 Å². The maximum Gasteiger partial charge on any atom is 0.254 e. The van der Waals surface area contributed by atoms with Crippen molar-refractivity contribution in [1.82, 2.24) is 9.62 Å². The lowest BCUT2D eigenvalue weighted by Gasteiger charge is -2.21. The Bertz CT molecular complexity index is 835. The van der Waals surface area contributed by atoms with Crippen LogP contribution in [0.3, 0.4) is 0 Å². The second-order valence-electron chi connectivity index (χ2n) is 6.26. The van der Waals surface area contributed by atoms with Crippen molar-refractivity contribution in [3.8, 4) is 0 Å². The fourth-order valence-corrected chi connectivity index (χ4v) is 3.90. The number of amides is 1. The summed E-state index contributed by atoms with van der Waals surface area (Å²) in [4.78, 5) is 14.7. The zero-order valence-corrected chi connectivity index (χ0v) is 16.3. The number of carbonyl (C=O) groups excluding carboxylic acids is 1. The third kappa shape index (κ3) is 5.16. The molecule has 0 aliphatic carbocycles. The predicted octanol–water partition coefficient (Wildman–Crippen LogP) is 3.43. The van der Waals surface area contributed by atoms with Gasteiger partial charge in [-0.15, -0.1) is 0 Å². The average molecular weight is 375 g/mol. The SMILES string of the molecule is CCC(C)NS(=O)(=O)c1cccc(C(=O)N(CC)Cc2ccccc2)c1. The zero-order valence-electron chi connectivity index (χ0n) is 15.5. The zero-order chi connectivity index (χ0) is 19.2. The van der Waals surface area contributed by atoms with Crippen LogP contribution in [0.25, 0.3) is 0 Å². The van der Waals surface area contributed by atoms with Gasteiger partial charge in [0.05, 0.1) is 4.90 Å². The Morgan fingerprint density at radius 3 is 2.38 bits per heavy atom. The van der Waals surface area contributed by atoms with E-state index in [9.17, 15) is 13.2 Å². The molecule has 6 heteroatoms. The topological polar surface area (TPSA) is 66.5 Å². The highest BCUT2D eigenvalue weighted by Crippen LogP contribution is 2.16. The van der Waals surface area contributed by atoms with Gasteiger partial charge in [-0.25, -0.2) is 13.1 Å². The second kappa shape index (κ2) is 8.96. The second-order valence-corrected chi connectivity index (χ2v) is 7.98. The quantitative estimate of drug-likeness (QED) is 0.770. The summed E-state index contributed by atoms with van der Waals surface area (Å²) >= 11 is 0. The van der Waals surface area contributed by atoms with Crippen LogP contribution < -0.4 is 4.72 Å². The molecule has 140 valence electrons. The summed E-state index contributed by atoms with van der Waals surface area (Å²) < 4.78 is 27.6. The number of hydrogen-bond donors (Lipinski definition) is 1. The van der Waals surface area contributed by atoms with Crippen LogP contribution >= 0.6 is 0 Å². The van der Waals surface area contributed by atoms with Crippen LogP contribution in [-0.4, -0.2) is 31.8 Å². The highest BCUT2D eigenvalue weighted by Gasteiger charge is 2.20. The Morgan fingerprint density at radius 2 is 1.77 bits per heavy atom. The summed E-state index contributed by atoms with van der Waals surface area (Å²) in [6, 6.07) is 15.8. The van der Waals surface area contributed by atoms with Gasteiger partial charge in [0.15, 0.2) is 0 Å². The highest BCUT2D eigenvalue weighted by atomic mass is 32.2. The number of sulfonamides is 1. The average Bonchev–Trinajstić information content (AvgIpc) is 2.66. The minimum Gasteiger partial charge on any atom is -0.335 e. The van der Waals surface area contributed by atoms with E-state index < -0.39 is 10.0 Å². The first kappa shape index (κ1) is 20.1. The smallest absolute Gasteiger partial charge is 0.254 e. The maximum absolute atomic E-state index is 12.8. The molecule has 2 aromatic rings. The normalized spacial score (nSPS) is 12.6. The first-order valence-corrected chi connectivity index (χ1v) is 10.3. The lowest BCUT2D eigenvalue weighted by Crippen LogP contribution is -2.33. The summed E-state index contributed by atoms with van der Waals surface area (Å²) in [5.41, 5.74) is 1.40. The van der Waals surface area contributed by atoms with Crippen molar-refractivity contribution in [1.29, 1.82) is 0 Å². The molecule has 0 saturated heterocycles. The molecule has 0 aliphatic rings. The van der Waals surface area contributed by atoms with Crippen molar-refractivity contribution in [2.45, 2.75) is 44.7 Å². The first-order chi connectivity index (χ1) is 12.4. The monoisotopic (exact) mass is 374 g/mol. The van der Waals surface area contributed by atoms with Crippen LogP contribution in [-0.2, 0) is 16.6 Å². The molecule has 1 amide bonds. The standard InChI is InChI=1S/C20H26N2O3S/c1-4-16(3)21-26(24,25)19-13-9-12-18(14-19)20(23)22(5-2)15-17-10-7-6-8-11-17/h6-14,16,21H,4-5,15H2,1-3H3. The van der Waals surface area contributed by atoms with E-state index in [1.54, 1.807) is 17.0 Å². The molecule has 0 bridgehead atoms. The Balaban J connectivity index is 2.23. The fourth-order valence-electron chi connectivity index (χ4n) is 2.53. The van der Waals surface area contributed by atoms with Gasteiger partial charge in [0.2, 0.25) is 10.0 Å². The van der Waals surface area contributed by atoms with Crippen LogP contribution in [0.1, 0.15) is 43.1 Å². The van der Waals surface area contributed by atoms with E-state index in [2.05, 4.69) is 4.72 Å². The van der Waals surface area contributed by atoms with Gasteiger partial charge in [0.1, 0.15) is 0 Å². The fraction of sp³-hybridized carbons (Fsp3) is 0.350. The molecule has 0 radical (unpaired) electrons. The molecule has 2 rings (SSSR count). The van der Waals surface area contributed by atoms with E-state index in [1.165, 1.54) is 12.1 Å². The van der Waals surface area contributed by atoms with Crippen LogP contribution in [0.2, 0.25) is 0 Å². The van der Waals surface area contributed by atoms with Crippen LogP contribution in [0, 0.1) is 0 Å². The number of nitrogens with one attached hydrogen (secondary N) is 1. The lowest BCUT2D eigenvalue weighted by molar-refractivity contribution is 0.0752. The minimum absolute atomic E-state index is 0.111. The van der Waals surface area contributed by atoms with E-state index in [0.29, 0.717) is 25.1 Å². The molecule has 1 atom stereocenters. The molecule has 1 N–H and O–H groups in total. The number of benzene rings is 2. The Kier molecular flexibility index (Phi) is 6.94. The number of hydrogen-bond acceptors (Lipinski definition) is 3. The van der Waals surface area contributed by atoms with Crippen LogP contribution in [0.15, 0.2) is 59.5 Å². The van der Waals surface area contributed by atoms with Crippen molar-refractivity contribution in [2.24, 2.45) is 0 Å². The largest absolute Gasteiger partial charge is 0.335 e. The summed E-state index contributed by atoms with van der Waals surface area (Å²) in [5.74, 6) is -0.183. The molecule has 0 aliphatic heterocycles. The molecule has 0 spiro atoms. The van der Waals surface area contributed by atoms with E-state index in [-0.39, 0.29) is 16.8 Å². The van der Waals surface area contributed by atoms with Crippen LogP contribution in [0.5, 0.6) is 0 Å². The van der Waals surface area contributed by atoms with Gasteiger partial charge < -0.3 is 4.90 Å². The Morgan fingerprint density at radius 1 is 1.08 bits per heavy atom. The van der Waals surface area contributed by atoms with Crippen molar-refractivity contribution in [2.75, 3.05) is 6.54 Å². The molecule has 26 heavy (non-hydrogen) atoms. The predicted molar refractivity (Wildman–Crippen MR) is 103 cm³/mol. The van der Waals surface area contributed by atoms with Gasteiger partial charge in [0, 0.05) is 24.7 Å². The molecular formula is C20H26N2O3S. The Labute approximate surface area is 156 Å². The van der Waals surface area contributed by atoms with Crippen molar-refractivity contribution in [3.63, 3.8) is 0 Å². The number of rotatable bonds is 8. The Hall–Kier alpha value is -2.18. The molecular weight excluding hydrogens is 348 g/mol. The molecule has 0 aromatic heterocycles. The highest BCUT2D eigenvalue weighted by molar-refractivity contribution is 7.89. The summed E-state index contributed by atoms with van der Waals surface area (Å²) in [6.07, 6.45) is 0.693. The maximum atomic E-state index is 12.8. The molecule has 0 fully saturated rings. The van der Waals surface area contributed by atoms with E-state index in [4.69, 9.17) is 0 Å². The molecule has 5 nitrogen and oxygen atoms in total. The van der Waals surface area contributed by atoms with Gasteiger partial charge in [-0.1, -0.05) is 43.3 Å². The first-order valence-electron chi connectivity index (χ1n) is 8.83. The van der Waals surface area contributed by atoms with Crippen LogP contribution in [0.4, 0.5) is 0 Å². The molecule has 2 aromatic carbocycles. The van der Waals surface area contributed by atoms with E-state index in [0.717, 1.165) is 5.56 Å². The molecule has 0 heterocycles. The van der Waals surface area contributed by atoms with E-state index >= 15 is 0 Å². The molecule has 0 saturated carbocycles. The van der Waals surface area contributed by atoms with Gasteiger partial charge in [0.25, 0.3) is 5.91 Å². The van der Waals surface area contributed by atoms with Gasteiger partial charge in [-0.05, 0) is 44.0 Å². The summed E-state index contributed by atoms with van der Waals surface area (Å²) in [7, 11) is -3.64. The van der Waals surface area contributed by atoms with Crippen molar-refractivity contribution in [3.05, 3.63) is 65.7 Å². The minimum atomic E-state index is -3.64. The van der Waals surface area contributed by atoms with Gasteiger partial charge >= 0.3 is 0 Å². The number of carbonyl (C=O) groups is 1. The number of nitrogens with zero attached hydrogens (tertiary/aromatic N) is 1. The van der Waals surface area contributed by atoms with Gasteiger partial charge in [-0.3, -0.25) is 4.79 Å². The third-order valence-electron chi connectivity index (χ3n) is 4.25. The summed E-state index contributed by atoms with van der Waals surface area (Å²) in [6.45, 7) is 6.65. The molecule has 1 unspecified atom stereocenters. The third-order valence-corrected chi connectivity index (χ3v) is 5.83. The lowest BCUT2D eigenvalue weighted by atomic mass is 10.1. The van der Waals surface area contributed by atoms with Gasteiger partial charge in [-0.2, -0.15) is 0 Å². The van der Waals surface area contributed by atoms with Crippen molar-refractivity contribution >= 4 is 15.9 Å². The van der Waals surface area contributed by atoms with E-state index in [1.807, 2.05) is 51.1 Å².